The molecule has 16 heteroatoms. The van der Waals surface area contributed by atoms with Crippen molar-refractivity contribution in [3.8, 4) is 5.69 Å². The maximum Gasteiger partial charge on any atom is 0.366 e. The Morgan fingerprint density at radius 3 is 2.59 bits per heavy atom. The normalized spacial score (nSPS) is 20.4. The van der Waals surface area contributed by atoms with Gasteiger partial charge in [0.25, 0.3) is 21.8 Å². The molecule has 0 spiro atoms. The number of carbonyl (C=O) groups is 4. The Balaban J connectivity index is 1.23. The minimum Gasteiger partial charge on any atom is -0.439 e. The van der Waals surface area contributed by atoms with E-state index in [0.717, 1.165) is 0 Å². The van der Waals surface area contributed by atoms with E-state index in [-0.39, 0.29) is 32.2 Å². The summed E-state index contributed by atoms with van der Waals surface area (Å²) in [7, 11) is -4.19. The summed E-state index contributed by atoms with van der Waals surface area (Å²) >= 11 is 5.15. The predicted octanol–water partition coefficient (Wildman–Crippen LogP) is 2.20. The third kappa shape index (κ3) is 4.78. The Morgan fingerprint density at radius 2 is 1.91 bits per heavy atom. The number of tetrazole rings is 1. The number of sulfonamides is 1. The van der Waals surface area contributed by atoms with Gasteiger partial charge in [-0.3, -0.25) is 18.9 Å². The maximum atomic E-state index is 13.6. The van der Waals surface area contributed by atoms with Crippen LogP contribution in [0.3, 0.4) is 0 Å². The number of rotatable bonds is 9. The fraction of sp³-hybridized carbons (Fsp3) is 0.179. The first-order chi connectivity index (χ1) is 21.1. The van der Waals surface area contributed by atoms with Crippen molar-refractivity contribution in [3.63, 3.8) is 0 Å². The number of nitrogens with zero attached hydrogens (tertiary/aromatic N) is 5. The van der Waals surface area contributed by atoms with Crippen molar-refractivity contribution in [3.05, 3.63) is 88.7 Å². The molecule has 224 valence electrons. The minimum absolute atomic E-state index is 0.00626. The number of esters is 1. The van der Waals surface area contributed by atoms with Crippen LogP contribution in [-0.2, 0) is 24.3 Å². The summed E-state index contributed by atoms with van der Waals surface area (Å²) < 4.78 is 33.2. The van der Waals surface area contributed by atoms with E-state index in [1.54, 1.807) is 61.5 Å². The quantitative estimate of drug-likeness (QED) is 0.0914. The van der Waals surface area contributed by atoms with Crippen LogP contribution in [0.1, 0.15) is 27.6 Å². The third-order valence-electron chi connectivity index (χ3n) is 7.82. The van der Waals surface area contributed by atoms with Crippen LogP contribution in [0.5, 0.6) is 0 Å². The van der Waals surface area contributed by atoms with E-state index in [2.05, 4.69) is 20.8 Å². The molecular formula is C28H24N7O7S2+. The molecule has 0 aliphatic carbocycles. The van der Waals surface area contributed by atoms with Gasteiger partial charge in [0.15, 0.2) is 12.8 Å². The largest absolute Gasteiger partial charge is 0.439 e. The van der Waals surface area contributed by atoms with Gasteiger partial charge in [-0.15, -0.1) is 0 Å². The molecule has 1 aromatic heterocycles. The van der Waals surface area contributed by atoms with Crippen LogP contribution in [0.2, 0.25) is 0 Å². The molecule has 44 heavy (non-hydrogen) atoms. The lowest BCUT2D eigenvalue weighted by atomic mass is 10.1. The van der Waals surface area contributed by atoms with Crippen LogP contribution in [0, 0.1) is 4.77 Å². The van der Waals surface area contributed by atoms with E-state index < -0.39 is 40.7 Å². The molecular weight excluding hydrogens is 610 g/mol. The molecule has 2 amide bonds. The number of fused-ring (bicyclic) bond motifs is 1. The van der Waals surface area contributed by atoms with Crippen LogP contribution >= 0.6 is 12.2 Å². The number of benzene rings is 3. The molecule has 1 fully saturated rings. The van der Waals surface area contributed by atoms with Crippen LogP contribution in [0.4, 0.5) is 11.4 Å². The molecule has 3 heterocycles. The molecule has 0 bridgehead atoms. The van der Waals surface area contributed by atoms with Gasteiger partial charge in [-0.2, -0.15) is 9.52 Å². The van der Waals surface area contributed by atoms with Crippen LogP contribution < -0.4 is 9.80 Å². The van der Waals surface area contributed by atoms with Crippen molar-refractivity contribution in [2.45, 2.75) is 23.9 Å². The molecule has 2 aliphatic rings. The van der Waals surface area contributed by atoms with Gasteiger partial charge in [-0.25, -0.2) is 17.9 Å². The maximum absolute atomic E-state index is 13.6. The van der Waals surface area contributed by atoms with Crippen LogP contribution in [0.25, 0.3) is 5.69 Å². The molecule has 2 aliphatic heterocycles. The van der Waals surface area contributed by atoms with Crippen LogP contribution in [-0.4, -0.2) is 82.4 Å². The fourth-order valence-electron chi connectivity index (χ4n) is 5.40. The Bertz CT molecular complexity index is 1990. The smallest absolute Gasteiger partial charge is 0.366 e. The Morgan fingerprint density at radius 1 is 1.16 bits per heavy atom. The van der Waals surface area contributed by atoms with Gasteiger partial charge in [0, 0.05) is 11.3 Å². The number of quaternary nitrogens is 1. The Hall–Kier alpha value is -5.06. The summed E-state index contributed by atoms with van der Waals surface area (Å²) in [5, 5.41) is 12.9. The first kappa shape index (κ1) is 29.0. The van der Waals surface area contributed by atoms with E-state index in [0.29, 0.717) is 33.2 Å². The summed E-state index contributed by atoms with van der Waals surface area (Å²) in [6, 6.07) is 17.3. The number of nitrogens with one attached hydrogen (secondary N) is 2. The van der Waals surface area contributed by atoms with E-state index >= 15 is 0 Å². The lowest BCUT2D eigenvalue weighted by Gasteiger charge is -2.26. The molecule has 1 saturated heterocycles. The zero-order chi connectivity index (χ0) is 31.2. The van der Waals surface area contributed by atoms with Gasteiger partial charge in [0.05, 0.1) is 11.3 Å². The minimum atomic E-state index is -4.19. The number of H-pyrrole nitrogens is 1. The van der Waals surface area contributed by atoms with Crippen molar-refractivity contribution >= 4 is 57.7 Å². The van der Waals surface area contributed by atoms with Crippen molar-refractivity contribution in [1.82, 2.24) is 29.0 Å². The Labute approximate surface area is 255 Å². The SMILES string of the molecule is CC(C(=O)OCN1C(=O)c2ccccc2S1(=O)=O)[N+]1(c2ccc(C=O)cc2)CC1C(=O)Nc1cccc(-n2[nH]nnc2=S)c1. The van der Waals surface area contributed by atoms with E-state index in [1.165, 1.54) is 22.9 Å². The lowest BCUT2D eigenvalue weighted by Crippen LogP contribution is -2.48. The lowest BCUT2D eigenvalue weighted by molar-refractivity contribution is -0.149. The molecule has 0 saturated carbocycles. The second kappa shape index (κ2) is 10.9. The average molecular weight is 635 g/mol. The fourth-order valence-corrected chi connectivity index (χ4v) is 7.02. The monoisotopic (exact) mass is 634 g/mol. The number of hydrogen-bond acceptors (Lipinski definition) is 10. The topological polar surface area (TPSA) is 173 Å². The molecule has 2 N–H and O–H groups in total. The molecule has 3 atom stereocenters. The van der Waals surface area contributed by atoms with Crippen molar-refractivity contribution in [1.29, 1.82) is 0 Å². The highest BCUT2D eigenvalue weighted by molar-refractivity contribution is 7.90. The van der Waals surface area contributed by atoms with E-state index in [4.69, 9.17) is 17.0 Å². The number of aromatic amines is 1. The molecule has 6 rings (SSSR count). The highest BCUT2D eigenvalue weighted by atomic mass is 32.2. The van der Waals surface area contributed by atoms with Gasteiger partial charge in [-0.1, -0.05) is 28.5 Å². The second-order valence-corrected chi connectivity index (χ2v) is 12.4. The number of ether oxygens (including phenoxy) is 1. The van der Waals surface area contributed by atoms with Crippen molar-refractivity contribution < 1.29 is 32.3 Å². The number of amides is 2. The van der Waals surface area contributed by atoms with Crippen molar-refractivity contribution in [2.75, 3.05) is 18.6 Å². The second-order valence-electron chi connectivity index (χ2n) is 10.2. The van der Waals surface area contributed by atoms with E-state index in [1.807, 2.05) is 0 Å². The van der Waals surface area contributed by atoms with Gasteiger partial charge in [-0.05, 0) is 73.7 Å². The van der Waals surface area contributed by atoms with Gasteiger partial charge in [0.2, 0.25) is 10.8 Å². The van der Waals surface area contributed by atoms with E-state index in [9.17, 15) is 27.6 Å². The molecule has 4 aromatic rings. The van der Waals surface area contributed by atoms with Crippen molar-refractivity contribution in [2.24, 2.45) is 0 Å². The zero-order valence-corrected chi connectivity index (χ0v) is 24.6. The highest BCUT2D eigenvalue weighted by Crippen LogP contribution is 2.43. The van der Waals surface area contributed by atoms with Gasteiger partial charge >= 0.3 is 5.97 Å². The number of carbonyl (C=O) groups excluding carboxylic acids is 4. The molecule has 3 unspecified atom stereocenters. The average Bonchev–Trinajstić information content (AvgIpc) is 3.60. The summed E-state index contributed by atoms with van der Waals surface area (Å²) in [6.07, 6.45) is 0.679. The first-order valence-electron chi connectivity index (χ1n) is 13.3. The molecule has 0 radical (unpaired) electrons. The zero-order valence-electron chi connectivity index (χ0n) is 23.0. The summed E-state index contributed by atoms with van der Waals surface area (Å²) in [6.45, 7) is 0.952. The van der Waals surface area contributed by atoms with Crippen LogP contribution in [0.15, 0.2) is 77.7 Å². The number of hydrogen-bond donors (Lipinski definition) is 2. The standard InChI is InChI=1S/C28H23N7O7S2/c1-17(27(39)42-16-33-26(38)22-7-2-3-8-24(22)44(33,40)41)35(21-11-9-18(15-36)10-12-21)14-23(35)25(37)29-19-5-4-6-20(13-19)34-28(43)30-31-32-34/h2-13,15,17,23H,14,16H2,1H3,(H-,29,30,32,37,43)/p+1. The summed E-state index contributed by atoms with van der Waals surface area (Å²) in [4.78, 5) is 50.9. The summed E-state index contributed by atoms with van der Waals surface area (Å²) in [5.41, 5.74) is 2.02. The molecule has 3 aromatic carbocycles. The number of aromatic nitrogens is 4. The third-order valence-corrected chi connectivity index (χ3v) is 9.85. The predicted molar refractivity (Wildman–Crippen MR) is 158 cm³/mol. The van der Waals surface area contributed by atoms with Gasteiger partial charge in [0.1, 0.15) is 23.4 Å². The first-order valence-corrected chi connectivity index (χ1v) is 15.1. The van der Waals surface area contributed by atoms with Gasteiger partial charge < -0.3 is 10.1 Å². The molecule has 14 nitrogen and oxygen atoms in total. The Kier molecular flexibility index (Phi) is 7.19. The summed E-state index contributed by atoms with van der Waals surface area (Å²) in [5.74, 6) is -2.00. The number of anilines is 1. The number of aldehydes is 1. The highest BCUT2D eigenvalue weighted by Gasteiger charge is 2.66.